The maximum Gasteiger partial charge on any atom is 0.259 e. The fourth-order valence-electron chi connectivity index (χ4n) is 3.20. The minimum atomic E-state index is -0.174. The van der Waals surface area contributed by atoms with E-state index in [0.717, 1.165) is 24.3 Å². The van der Waals surface area contributed by atoms with Crippen molar-refractivity contribution >= 4 is 17.3 Å². The second kappa shape index (κ2) is 9.09. The molecule has 2 N–H and O–H groups in total. The van der Waals surface area contributed by atoms with Crippen LogP contribution in [0.15, 0.2) is 60.2 Å². The Balaban J connectivity index is 1.52. The summed E-state index contributed by atoms with van der Waals surface area (Å²) in [6, 6.07) is 15.0. The Kier molecular flexibility index (Phi) is 6.31. The van der Waals surface area contributed by atoms with E-state index in [1.54, 1.807) is 24.8 Å². The summed E-state index contributed by atoms with van der Waals surface area (Å²) in [7, 11) is 1.57. The molecule has 2 aromatic rings. The van der Waals surface area contributed by atoms with Gasteiger partial charge in [-0.2, -0.15) is 0 Å². The molecule has 136 valence electrons. The van der Waals surface area contributed by atoms with Crippen molar-refractivity contribution in [2.75, 3.05) is 24.3 Å². The highest BCUT2D eigenvalue weighted by atomic mass is 16.5. The highest BCUT2D eigenvalue weighted by Crippen LogP contribution is 2.22. The standard InChI is InChI=1S/C22H26N2O2/c1-26-21-10-6-5-9-20(21)22(25)24-19-13-11-18(12-14-19)23-16-15-17-7-3-2-4-8-17/h5-7,9-14,23H,2-4,8,15-16H2,1H3,(H,24,25). The number of rotatable bonds is 7. The van der Waals surface area contributed by atoms with Crippen LogP contribution >= 0.6 is 0 Å². The third kappa shape index (κ3) is 4.88. The summed E-state index contributed by atoms with van der Waals surface area (Å²) in [4.78, 5) is 12.4. The van der Waals surface area contributed by atoms with Crippen molar-refractivity contribution in [1.29, 1.82) is 0 Å². The van der Waals surface area contributed by atoms with Crippen molar-refractivity contribution in [2.24, 2.45) is 0 Å². The van der Waals surface area contributed by atoms with E-state index in [4.69, 9.17) is 4.74 Å². The van der Waals surface area contributed by atoms with Gasteiger partial charge in [0.1, 0.15) is 5.75 Å². The minimum Gasteiger partial charge on any atom is -0.496 e. The van der Waals surface area contributed by atoms with Crippen LogP contribution in [-0.2, 0) is 0 Å². The lowest BCUT2D eigenvalue weighted by Gasteiger charge is -2.14. The summed E-state index contributed by atoms with van der Waals surface area (Å²) < 4.78 is 5.24. The number of ether oxygens (including phenoxy) is 1. The Bertz CT molecular complexity index is 766. The van der Waals surface area contributed by atoms with Gasteiger partial charge in [0, 0.05) is 17.9 Å². The molecule has 4 heteroatoms. The van der Waals surface area contributed by atoms with Crippen LogP contribution in [0.1, 0.15) is 42.5 Å². The molecule has 0 aromatic heterocycles. The lowest BCUT2D eigenvalue weighted by molar-refractivity contribution is 0.102. The monoisotopic (exact) mass is 350 g/mol. The summed E-state index contributed by atoms with van der Waals surface area (Å²) in [5.74, 6) is 0.396. The molecule has 4 nitrogen and oxygen atoms in total. The largest absolute Gasteiger partial charge is 0.496 e. The maximum atomic E-state index is 12.4. The van der Waals surface area contributed by atoms with E-state index in [-0.39, 0.29) is 5.91 Å². The number of allylic oxidation sites excluding steroid dienone is 1. The van der Waals surface area contributed by atoms with E-state index in [2.05, 4.69) is 16.7 Å². The molecule has 26 heavy (non-hydrogen) atoms. The van der Waals surface area contributed by atoms with Crippen molar-refractivity contribution in [1.82, 2.24) is 0 Å². The molecule has 1 amide bonds. The fourth-order valence-corrected chi connectivity index (χ4v) is 3.20. The highest BCUT2D eigenvalue weighted by molar-refractivity contribution is 6.06. The third-order valence-corrected chi connectivity index (χ3v) is 4.65. The summed E-state index contributed by atoms with van der Waals surface area (Å²) in [6.07, 6.45) is 8.63. The topological polar surface area (TPSA) is 50.4 Å². The van der Waals surface area contributed by atoms with Crippen LogP contribution in [0.5, 0.6) is 5.75 Å². The molecule has 0 aliphatic heterocycles. The molecule has 0 radical (unpaired) electrons. The van der Waals surface area contributed by atoms with E-state index in [1.807, 2.05) is 36.4 Å². The molecule has 0 saturated carbocycles. The van der Waals surface area contributed by atoms with E-state index >= 15 is 0 Å². The molecule has 0 fully saturated rings. The third-order valence-electron chi connectivity index (χ3n) is 4.65. The fraction of sp³-hybridized carbons (Fsp3) is 0.318. The average Bonchev–Trinajstić information content (AvgIpc) is 2.70. The summed E-state index contributed by atoms with van der Waals surface area (Å²) in [5.41, 5.74) is 3.93. The van der Waals surface area contributed by atoms with Crippen LogP contribution in [0.4, 0.5) is 11.4 Å². The number of benzene rings is 2. The zero-order chi connectivity index (χ0) is 18.2. The van der Waals surface area contributed by atoms with Crippen LogP contribution in [0.2, 0.25) is 0 Å². The number of hydrogen-bond donors (Lipinski definition) is 2. The predicted octanol–water partition coefficient (Wildman–Crippen LogP) is 5.25. The molecule has 1 aliphatic rings. The minimum absolute atomic E-state index is 0.174. The zero-order valence-corrected chi connectivity index (χ0v) is 15.3. The van der Waals surface area contributed by atoms with Gasteiger partial charge in [-0.25, -0.2) is 0 Å². The van der Waals surface area contributed by atoms with Crippen LogP contribution in [0, 0.1) is 0 Å². The van der Waals surface area contributed by atoms with Gasteiger partial charge in [0.25, 0.3) is 5.91 Å². The van der Waals surface area contributed by atoms with Crippen molar-refractivity contribution in [2.45, 2.75) is 32.1 Å². The molecule has 0 spiro atoms. The van der Waals surface area contributed by atoms with Gasteiger partial charge in [-0.15, -0.1) is 0 Å². The van der Waals surface area contributed by atoms with E-state index in [0.29, 0.717) is 11.3 Å². The first-order valence-electron chi connectivity index (χ1n) is 9.22. The quantitative estimate of drug-likeness (QED) is 0.671. The maximum absolute atomic E-state index is 12.4. The van der Waals surface area contributed by atoms with Crippen LogP contribution in [0.25, 0.3) is 0 Å². The first-order valence-corrected chi connectivity index (χ1v) is 9.22. The van der Waals surface area contributed by atoms with Crippen LogP contribution in [0.3, 0.4) is 0 Å². The first-order chi connectivity index (χ1) is 12.8. The number of carbonyl (C=O) groups is 1. The van der Waals surface area contributed by atoms with Gasteiger partial charge in [0.05, 0.1) is 12.7 Å². The summed E-state index contributed by atoms with van der Waals surface area (Å²) in [6.45, 7) is 0.943. The van der Waals surface area contributed by atoms with Crippen molar-refractivity contribution in [3.05, 3.63) is 65.7 Å². The molecule has 2 aromatic carbocycles. The van der Waals surface area contributed by atoms with E-state index < -0.39 is 0 Å². The number of methoxy groups -OCH3 is 1. The van der Waals surface area contributed by atoms with E-state index in [1.165, 1.54) is 25.7 Å². The average molecular weight is 350 g/mol. The number of anilines is 2. The molecular formula is C22H26N2O2. The normalized spacial score (nSPS) is 13.7. The molecule has 0 heterocycles. The summed E-state index contributed by atoms with van der Waals surface area (Å²) in [5, 5.41) is 6.36. The Morgan fingerprint density at radius 2 is 1.81 bits per heavy atom. The van der Waals surface area contributed by atoms with Crippen molar-refractivity contribution in [3.63, 3.8) is 0 Å². The van der Waals surface area contributed by atoms with Gasteiger partial charge in [-0.05, 0) is 68.5 Å². The molecule has 3 rings (SSSR count). The number of carbonyl (C=O) groups excluding carboxylic acids is 1. The predicted molar refractivity (Wildman–Crippen MR) is 107 cm³/mol. The van der Waals surface area contributed by atoms with Gasteiger partial charge >= 0.3 is 0 Å². The number of amides is 1. The van der Waals surface area contributed by atoms with E-state index in [9.17, 15) is 4.79 Å². The Labute approximate surface area is 155 Å². The Hall–Kier alpha value is -2.75. The van der Waals surface area contributed by atoms with Gasteiger partial charge in [0.15, 0.2) is 0 Å². The Morgan fingerprint density at radius 1 is 1.04 bits per heavy atom. The Morgan fingerprint density at radius 3 is 2.54 bits per heavy atom. The lowest BCUT2D eigenvalue weighted by Crippen LogP contribution is -2.13. The van der Waals surface area contributed by atoms with Gasteiger partial charge in [-0.3, -0.25) is 4.79 Å². The van der Waals surface area contributed by atoms with Crippen molar-refractivity contribution in [3.8, 4) is 5.75 Å². The van der Waals surface area contributed by atoms with Crippen LogP contribution in [-0.4, -0.2) is 19.6 Å². The van der Waals surface area contributed by atoms with Gasteiger partial charge < -0.3 is 15.4 Å². The van der Waals surface area contributed by atoms with Gasteiger partial charge in [0.2, 0.25) is 0 Å². The van der Waals surface area contributed by atoms with Gasteiger partial charge in [-0.1, -0.05) is 23.8 Å². The molecule has 0 atom stereocenters. The first kappa shape index (κ1) is 18.1. The number of nitrogens with one attached hydrogen (secondary N) is 2. The van der Waals surface area contributed by atoms with Crippen molar-refractivity contribution < 1.29 is 9.53 Å². The summed E-state index contributed by atoms with van der Waals surface area (Å²) >= 11 is 0. The SMILES string of the molecule is COc1ccccc1C(=O)Nc1ccc(NCCC2=CCCCC2)cc1. The zero-order valence-electron chi connectivity index (χ0n) is 15.3. The second-order valence-corrected chi connectivity index (χ2v) is 6.52. The highest BCUT2D eigenvalue weighted by Gasteiger charge is 2.11. The number of para-hydroxylation sites is 1. The second-order valence-electron chi connectivity index (χ2n) is 6.52. The lowest BCUT2D eigenvalue weighted by atomic mass is 9.97. The molecule has 0 bridgehead atoms. The molecule has 0 unspecified atom stereocenters. The smallest absolute Gasteiger partial charge is 0.259 e. The molecule has 0 saturated heterocycles. The number of hydrogen-bond acceptors (Lipinski definition) is 3. The van der Waals surface area contributed by atoms with Crippen LogP contribution < -0.4 is 15.4 Å². The molecular weight excluding hydrogens is 324 g/mol. The molecule has 1 aliphatic carbocycles.